The quantitative estimate of drug-likeness (QED) is 0.889. The maximum absolute atomic E-state index is 11.9. The van der Waals surface area contributed by atoms with Crippen LogP contribution in [0.2, 0.25) is 10.0 Å². The summed E-state index contributed by atoms with van der Waals surface area (Å²) in [4.78, 5) is 11.9. The second kappa shape index (κ2) is 6.84. The molecule has 0 heterocycles. The fourth-order valence-electron chi connectivity index (χ4n) is 1.39. The molecule has 1 amide bonds. The van der Waals surface area contributed by atoms with Crippen LogP contribution in [0.4, 0.5) is 5.69 Å². The van der Waals surface area contributed by atoms with E-state index in [1.165, 1.54) is 0 Å². The van der Waals surface area contributed by atoms with Crippen molar-refractivity contribution in [3.63, 3.8) is 0 Å². The van der Waals surface area contributed by atoms with E-state index in [4.69, 9.17) is 27.9 Å². The summed E-state index contributed by atoms with van der Waals surface area (Å²) < 4.78 is 5.31. The number of hydrogen-bond donors (Lipinski definition) is 1. The number of halogens is 2. The van der Waals surface area contributed by atoms with Crippen molar-refractivity contribution in [3.05, 3.63) is 28.2 Å². The van der Waals surface area contributed by atoms with Gasteiger partial charge in [-0.05, 0) is 31.5 Å². The molecule has 1 atom stereocenters. The zero-order valence-electron chi connectivity index (χ0n) is 9.80. The van der Waals surface area contributed by atoms with Gasteiger partial charge in [0.2, 0.25) is 0 Å². The van der Waals surface area contributed by atoms with Gasteiger partial charge in [-0.15, -0.1) is 0 Å². The minimum atomic E-state index is -0.463. The molecule has 5 heteroatoms. The van der Waals surface area contributed by atoms with Crippen LogP contribution in [0.1, 0.15) is 20.3 Å². The highest BCUT2D eigenvalue weighted by Gasteiger charge is 2.17. The molecule has 94 valence electrons. The topological polar surface area (TPSA) is 38.3 Å². The SMILES string of the molecule is CCOC(CC)C(=O)Nc1cc(Cl)ccc1Cl. The van der Waals surface area contributed by atoms with E-state index < -0.39 is 6.10 Å². The van der Waals surface area contributed by atoms with Gasteiger partial charge in [-0.1, -0.05) is 30.1 Å². The van der Waals surface area contributed by atoms with Gasteiger partial charge in [0.1, 0.15) is 6.10 Å². The summed E-state index contributed by atoms with van der Waals surface area (Å²) in [5, 5.41) is 3.68. The van der Waals surface area contributed by atoms with Crippen molar-refractivity contribution in [2.24, 2.45) is 0 Å². The molecule has 0 radical (unpaired) electrons. The summed E-state index contributed by atoms with van der Waals surface area (Å²) in [7, 11) is 0. The van der Waals surface area contributed by atoms with Gasteiger partial charge in [0.15, 0.2) is 0 Å². The molecule has 1 unspecified atom stereocenters. The van der Waals surface area contributed by atoms with E-state index in [-0.39, 0.29) is 5.91 Å². The Morgan fingerprint density at radius 3 is 2.71 bits per heavy atom. The molecule has 0 saturated carbocycles. The molecular formula is C12H15Cl2NO2. The minimum Gasteiger partial charge on any atom is -0.369 e. The second-order valence-electron chi connectivity index (χ2n) is 3.47. The number of benzene rings is 1. The first-order valence-corrected chi connectivity index (χ1v) is 6.21. The Morgan fingerprint density at radius 1 is 1.41 bits per heavy atom. The van der Waals surface area contributed by atoms with Crippen LogP contribution in [-0.2, 0) is 9.53 Å². The summed E-state index contributed by atoms with van der Waals surface area (Å²) in [5.41, 5.74) is 0.502. The number of ether oxygens (including phenoxy) is 1. The average molecular weight is 276 g/mol. The monoisotopic (exact) mass is 275 g/mol. The van der Waals surface area contributed by atoms with Crippen molar-refractivity contribution < 1.29 is 9.53 Å². The number of carbonyl (C=O) groups is 1. The van der Waals surface area contributed by atoms with Crippen molar-refractivity contribution in [2.75, 3.05) is 11.9 Å². The van der Waals surface area contributed by atoms with Crippen LogP contribution < -0.4 is 5.32 Å². The molecule has 1 aromatic carbocycles. The largest absolute Gasteiger partial charge is 0.369 e. The summed E-state index contributed by atoms with van der Waals surface area (Å²) in [6.45, 7) is 4.23. The third kappa shape index (κ3) is 4.19. The Labute approximate surface area is 111 Å². The number of rotatable bonds is 5. The predicted molar refractivity (Wildman–Crippen MR) is 70.8 cm³/mol. The van der Waals surface area contributed by atoms with Crippen LogP contribution in [0, 0.1) is 0 Å². The number of hydrogen-bond acceptors (Lipinski definition) is 2. The molecule has 3 nitrogen and oxygen atoms in total. The highest BCUT2D eigenvalue weighted by molar-refractivity contribution is 6.35. The van der Waals surface area contributed by atoms with Gasteiger partial charge in [-0.2, -0.15) is 0 Å². The highest BCUT2D eigenvalue weighted by Crippen LogP contribution is 2.25. The van der Waals surface area contributed by atoms with Crippen LogP contribution in [0.5, 0.6) is 0 Å². The van der Waals surface area contributed by atoms with Gasteiger partial charge < -0.3 is 10.1 Å². The van der Waals surface area contributed by atoms with Crippen LogP contribution in [0.25, 0.3) is 0 Å². The lowest BCUT2D eigenvalue weighted by molar-refractivity contribution is -0.127. The Morgan fingerprint density at radius 2 is 2.12 bits per heavy atom. The van der Waals surface area contributed by atoms with E-state index >= 15 is 0 Å². The highest BCUT2D eigenvalue weighted by atomic mass is 35.5. The van der Waals surface area contributed by atoms with Crippen LogP contribution in [-0.4, -0.2) is 18.6 Å². The lowest BCUT2D eigenvalue weighted by Gasteiger charge is -2.15. The fourth-order valence-corrected chi connectivity index (χ4v) is 1.72. The van der Waals surface area contributed by atoms with Crippen LogP contribution >= 0.6 is 23.2 Å². The molecule has 0 aliphatic carbocycles. The third-order valence-corrected chi connectivity index (χ3v) is 2.78. The Kier molecular flexibility index (Phi) is 5.75. The van der Waals surface area contributed by atoms with Crippen LogP contribution in [0.15, 0.2) is 18.2 Å². The lowest BCUT2D eigenvalue weighted by Crippen LogP contribution is -2.30. The van der Waals surface area contributed by atoms with E-state index in [1.54, 1.807) is 18.2 Å². The van der Waals surface area contributed by atoms with E-state index in [2.05, 4.69) is 5.32 Å². The van der Waals surface area contributed by atoms with Gasteiger partial charge in [0.05, 0.1) is 10.7 Å². The summed E-state index contributed by atoms with van der Waals surface area (Å²) in [5.74, 6) is -0.210. The summed E-state index contributed by atoms with van der Waals surface area (Å²) >= 11 is 11.8. The number of anilines is 1. The number of amides is 1. The lowest BCUT2D eigenvalue weighted by atomic mass is 10.2. The minimum absolute atomic E-state index is 0.210. The molecule has 0 fully saturated rings. The van der Waals surface area contributed by atoms with Gasteiger partial charge in [0.25, 0.3) is 5.91 Å². The zero-order valence-corrected chi connectivity index (χ0v) is 11.3. The first kappa shape index (κ1) is 14.3. The van der Waals surface area contributed by atoms with E-state index in [1.807, 2.05) is 13.8 Å². The predicted octanol–water partition coefficient (Wildman–Crippen LogP) is 3.75. The van der Waals surface area contributed by atoms with E-state index in [0.717, 1.165) is 0 Å². The van der Waals surface area contributed by atoms with Crippen LogP contribution in [0.3, 0.4) is 0 Å². The van der Waals surface area contributed by atoms with Gasteiger partial charge >= 0.3 is 0 Å². The third-order valence-electron chi connectivity index (χ3n) is 2.22. The van der Waals surface area contributed by atoms with Gasteiger partial charge in [0, 0.05) is 11.6 Å². The molecule has 0 aliphatic rings. The molecule has 0 spiro atoms. The first-order chi connectivity index (χ1) is 8.08. The summed E-state index contributed by atoms with van der Waals surface area (Å²) in [6, 6.07) is 4.92. The fraction of sp³-hybridized carbons (Fsp3) is 0.417. The molecule has 0 aliphatic heterocycles. The average Bonchev–Trinajstić information content (AvgIpc) is 2.30. The molecule has 17 heavy (non-hydrogen) atoms. The molecule has 0 saturated heterocycles. The Hall–Kier alpha value is -0.770. The second-order valence-corrected chi connectivity index (χ2v) is 4.31. The Balaban J connectivity index is 2.76. The van der Waals surface area contributed by atoms with Gasteiger partial charge in [-0.3, -0.25) is 4.79 Å². The molecule has 1 aromatic rings. The molecule has 1 N–H and O–H groups in total. The maximum Gasteiger partial charge on any atom is 0.253 e. The molecule has 0 aromatic heterocycles. The Bertz CT molecular complexity index is 396. The van der Waals surface area contributed by atoms with E-state index in [0.29, 0.717) is 28.8 Å². The zero-order chi connectivity index (χ0) is 12.8. The number of nitrogens with one attached hydrogen (secondary N) is 1. The maximum atomic E-state index is 11.9. The van der Waals surface area contributed by atoms with Crippen molar-refractivity contribution in [2.45, 2.75) is 26.4 Å². The van der Waals surface area contributed by atoms with Crippen molar-refractivity contribution in [1.29, 1.82) is 0 Å². The normalized spacial score (nSPS) is 12.2. The molecule has 0 bridgehead atoms. The van der Waals surface area contributed by atoms with Crippen molar-refractivity contribution >= 4 is 34.8 Å². The molecular weight excluding hydrogens is 261 g/mol. The first-order valence-electron chi connectivity index (χ1n) is 5.46. The standard InChI is InChI=1S/C12H15Cl2NO2/c1-3-11(17-4-2)12(16)15-10-7-8(13)5-6-9(10)14/h5-7,11H,3-4H2,1-2H3,(H,15,16). The van der Waals surface area contributed by atoms with E-state index in [9.17, 15) is 4.79 Å². The van der Waals surface area contributed by atoms with Gasteiger partial charge in [-0.25, -0.2) is 0 Å². The van der Waals surface area contributed by atoms with Crippen molar-refractivity contribution in [1.82, 2.24) is 0 Å². The number of carbonyl (C=O) groups excluding carboxylic acids is 1. The smallest absolute Gasteiger partial charge is 0.253 e. The van der Waals surface area contributed by atoms with Crippen molar-refractivity contribution in [3.8, 4) is 0 Å². The molecule has 1 rings (SSSR count). The summed E-state index contributed by atoms with van der Waals surface area (Å²) in [6.07, 6.45) is 0.146.